The number of hydrazone groups is 1. The molecule has 0 aliphatic heterocycles. The Hall–Kier alpha value is -2.52. The first-order valence-electron chi connectivity index (χ1n) is 7.97. The van der Waals surface area contributed by atoms with Crippen LogP contribution in [0.15, 0.2) is 51.1 Å². The van der Waals surface area contributed by atoms with Crippen molar-refractivity contribution in [3.05, 3.63) is 46.4 Å². The standard InChI is InChI=1S/C18H17BrN4O3S/c1-23-14-6-4-3-5-13(14)21-18(23)27-10-16(24)22-20-9-11-7-12(19)17(25)15(8-11)26-2/h3-9H,10H2,1-2H3,(H2,20,22,24,25)/p+1. The zero-order valence-corrected chi connectivity index (χ0v) is 17.1. The lowest BCUT2D eigenvalue weighted by Gasteiger charge is -2.06. The van der Waals surface area contributed by atoms with E-state index in [9.17, 15) is 9.90 Å². The fraction of sp³-hybridized carbons (Fsp3) is 0.167. The van der Waals surface area contributed by atoms with Crippen LogP contribution >= 0.6 is 27.7 Å². The summed E-state index contributed by atoms with van der Waals surface area (Å²) in [6.45, 7) is 0. The van der Waals surface area contributed by atoms with Crippen molar-refractivity contribution >= 4 is 50.8 Å². The molecule has 0 aliphatic carbocycles. The molecule has 3 N–H and O–H groups in total. The number of phenolic OH excluding ortho intramolecular Hbond substituents is 1. The third-order valence-corrected chi connectivity index (χ3v) is 5.49. The number of carbonyl (C=O) groups excluding carboxylic acids is 1. The molecule has 2 aromatic carbocycles. The number of halogens is 1. The van der Waals surface area contributed by atoms with E-state index in [1.54, 1.807) is 12.1 Å². The number of benzene rings is 2. The van der Waals surface area contributed by atoms with Crippen LogP contribution in [0, 0.1) is 0 Å². The lowest BCUT2D eigenvalue weighted by molar-refractivity contribution is -0.683. The van der Waals surface area contributed by atoms with Crippen LogP contribution in [0.5, 0.6) is 11.5 Å². The molecule has 3 rings (SSSR count). The summed E-state index contributed by atoms with van der Waals surface area (Å²) in [5.74, 6) is 0.334. The summed E-state index contributed by atoms with van der Waals surface area (Å²) in [5.41, 5.74) is 5.26. The zero-order valence-electron chi connectivity index (χ0n) is 14.7. The molecular formula is C18H18BrN4O3S+. The Bertz CT molecular complexity index is 1020. The summed E-state index contributed by atoms with van der Waals surface area (Å²) in [5, 5.41) is 14.6. The summed E-state index contributed by atoms with van der Waals surface area (Å²) < 4.78 is 7.57. The van der Waals surface area contributed by atoms with Crippen LogP contribution in [0.4, 0.5) is 0 Å². The second-order valence-electron chi connectivity index (χ2n) is 5.64. The number of para-hydroxylation sites is 2. The van der Waals surface area contributed by atoms with Gasteiger partial charge in [0.2, 0.25) is 0 Å². The number of ether oxygens (including phenoxy) is 1. The number of amides is 1. The van der Waals surface area contributed by atoms with Gasteiger partial charge in [0.15, 0.2) is 22.5 Å². The van der Waals surface area contributed by atoms with E-state index in [4.69, 9.17) is 4.74 Å². The number of aryl methyl sites for hydroxylation is 1. The number of rotatable bonds is 6. The molecule has 0 unspecified atom stereocenters. The molecule has 7 nitrogen and oxygen atoms in total. The van der Waals surface area contributed by atoms with E-state index < -0.39 is 0 Å². The molecule has 0 radical (unpaired) electrons. The minimum Gasteiger partial charge on any atom is -0.503 e. The first-order chi connectivity index (χ1) is 13.0. The molecule has 1 heterocycles. The van der Waals surface area contributed by atoms with E-state index in [1.807, 2.05) is 35.9 Å². The van der Waals surface area contributed by atoms with Gasteiger partial charge in [0, 0.05) is 0 Å². The highest BCUT2D eigenvalue weighted by Gasteiger charge is 2.16. The van der Waals surface area contributed by atoms with Gasteiger partial charge in [-0.2, -0.15) is 5.10 Å². The second kappa shape index (κ2) is 8.45. The maximum atomic E-state index is 12.0. The first kappa shape index (κ1) is 19.2. The van der Waals surface area contributed by atoms with E-state index in [1.165, 1.54) is 25.1 Å². The normalized spacial score (nSPS) is 11.2. The van der Waals surface area contributed by atoms with Crippen molar-refractivity contribution in [1.29, 1.82) is 0 Å². The van der Waals surface area contributed by atoms with Gasteiger partial charge < -0.3 is 9.84 Å². The van der Waals surface area contributed by atoms with E-state index >= 15 is 0 Å². The number of nitrogens with zero attached hydrogens (tertiary/aromatic N) is 2. The summed E-state index contributed by atoms with van der Waals surface area (Å²) in [6, 6.07) is 11.2. The molecule has 0 bridgehead atoms. The lowest BCUT2D eigenvalue weighted by Crippen LogP contribution is -2.30. The minimum absolute atomic E-state index is 0.0151. The van der Waals surface area contributed by atoms with Crippen molar-refractivity contribution in [2.75, 3.05) is 12.9 Å². The average molecular weight is 450 g/mol. The van der Waals surface area contributed by atoms with Crippen molar-refractivity contribution in [3.8, 4) is 11.5 Å². The Morgan fingerprint density at radius 3 is 2.96 bits per heavy atom. The van der Waals surface area contributed by atoms with Gasteiger partial charge in [-0.25, -0.2) is 15.0 Å². The van der Waals surface area contributed by atoms with Gasteiger partial charge in [-0.3, -0.25) is 4.79 Å². The predicted molar refractivity (Wildman–Crippen MR) is 108 cm³/mol. The van der Waals surface area contributed by atoms with Crippen LogP contribution in [-0.4, -0.2) is 35.1 Å². The number of nitrogens with one attached hydrogen (secondary N) is 2. The molecule has 3 aromatic rings. The van der Waals surface area contributed by atoms with Crippen molar-refractivity contribution < 1.29 is 19.2 Å². The van der Waals surface area contributed by atoms with E-state index in [-0.39, 0.29) is 17.4 Å². The molecular weight excluding hydrogens is 432 g/mol. The van der Waals surface area contributed by atoms with Crippen LogP contribution in [0.2, 0.25) is 0 Å². The van der Waals surface area contributed by atoms with E-state index in [0.717, 1.165) is 16.2 Å². The molecule has 0 saturated heterocycles. The Balaban J connectivity index is 1.59. The number of phenols is 1. The third-order valence-electron chi connectivity index (χ3n) is 3.83. The number of imidazole rings is 1. The van der Waals surface area contributed by atoms with Gasteiger partial charge >= 0.3 is 5.16 Å². The number of aromatic amines is 1. The van der Waals surface area contributed by atoms with Crippen LogP contribution in [-0.2, 0) is 11.8 Å². The molecule has 1 aromatic heterocycles. The summed E-state index contributed by atoms with van der Waals surface area (Å²) in [4.78, 5) is 15.3. The SMILES string of the molecule is COc1cc(/C=N/NC(=O)CSc2[nH]c3ccccc3[n+]2C)cc(Br)c1O. The quantitative estimate of drug-likeness (QED) is 0.233. The summed E-state index contributed by atoms with van der Waals surface area (Å²) >= 11 is 4.64. The highest BCUT2D eigenvalue weighted by molar-refractivity contribution is 9.10. The minimum atomic E-state index is -0.222. The van der Waals surface area contributed by atoms with Crippen molar-refractivity contribution in [2.45, 2.75) is 5.16 Å². The van der Waals surface area contributed by atoms with Gasteiger partial charge in [-0.05, 0) is 57.5 Å². The van der Waals surface area contributed by atoms with Crippen LogP contribution < -0.4 is 14.7 Å². The maximum absolute atomic E-state index is 12.0. The number of carbonyl (C=O) groups is 1. The first-order valence-corrected chi connectivity index (χ1v) is 9.75. The molecule has 0 atom stereocenters. The molecule has 0 aliphatic rings. The third kappa shape index (κ3) is 4.42. The summed E-state index contributed by atoms with van der Waals surface area (Å²) in [6.07, 6.45) is 1.48. The Kier molecular flexibility index (Phi) is 6.02. The second-order valence-corrected chi connectivity index (χ2v) is 7.46. The number of methoxy groups -OCH3 is 1. The molecule has 1 amide bonds. The molecule has 0 spiro atoms. The van der Waals surface area contributed by atoms with Crippen molar-refractivity contribution in [1.82, 2.24) is 10.4 Å². The molecule has 140 valence electrons. The Morgan fingerprint density at radius 1 is 1.44 bits per heavy atom. The van der Waals surface area contributed by atoms with Gasteiger partial charge in [-0.1, -0.05) is 12.1 Å². The lowest BCUT2D eigenvalue weighted by atomic mass is 10.2. The fourth-order valence-electron chi connectivity index (χ4n) is 2.48. The Morgan fingerprint density at radius 2 is 2.22 bits per heavy atom. The predicted octanol–water partition coefficient (Wildman–Crippen LogP) is 2.71. The van der Waals surface area contributed by atoms with E-state index in [2.05, 4.69) is 31.4 Å². The van der Waals surface area contributed by atoms with Crippen LogP contribution in [0.25, 0.3) is 11.0 Å². The van der Waals surface area contributed by atoms with Crippen LogP contribution in [0.1, 0.15) is 5.56 Å². The number of fused-ring (bicyclic) bond motifs is 1. The topological polar surface area (TPSA) is 90.6 Å². The highest BCUT2D eigenvalue weighted by atomic mass is 79.9. The van der Waals surface area contributed by atoms with Crippen LogP contribution in [0.3, 0.4) is 0 Å². The zero-order chi connectivity index (χ0) is 19.4. The van der Waals surface area contributed by atoms with Gasteiger partial charge in [-0.15, -0.1) is 0 Å². The van der Waals surface area contributed by atoms with Crippen molar-refractivity contribution in [2.24, 2.45) is 12.1 Å². The number of aromatic hydroxyl groups is 1. The smallest absolute Gasteiger partial charge is 0.317 e. The highest BCUT2D eigenvalue weighted by Crippen LogP contribution is 2.34. The number of hydrogen-bond acceptors (Lipinski definition) is 5. The van der Waals surface area contributed by atoms with Gasteiger partial charge in [0.05, 0.1) is 30.6 Å². The monoisotopic (exact) mass is 449 g/mol. The molecule has 0 fully saturated rings. The number of thioether (sulfide) groups is 1. The number of aromatic nitrogens is 2. The molecule has 27 heavy (non-hydrogen) atoms. The molecule has 9 heteroatoms. The fourth-order valence-corrected chi connectivity index (χ4v) is 3.75. The number of H-pyrrole nitrogens is 1. The maximum Gasteiger partial charge on any atom is 0.317 e. The number of hydrogen-bond donors (Lipinski definition) is 3. The average Bonchev–Trinajstić information content (AvgIpc) is 2.99. The van der Waals surface area contributed by atoms with E-state index in [0.29, 0.717) is 15.8 Å². The van der Waals surface area contributed by atoms with Crippen molar-refractivity contribution in [3.63, 3.8) is 0 Å². The largest absolute Gasteiger partial charge is 0.503 e. The van der Waals surface area contributed by atoms with Gasteiger partial charge in [0.1, 0.15) is 0 Å². The Labute approximate surface area is 168 Å². The van der Waals surface area contributed by atoms with Gasteiger partial charge in [0.25, 0.3) is 5.91 Å². The molecule has 0 saturated carbocycles. The summed E-state index contributed by atoms with van der Waals surface area (Å²) in [7, 11) is 3.42.